The van der Waals surface area contributed by atoms with E-state index in [0.29, 0.717) is 10.6 Å². The van der Waals surface area contributed by atoms with Crippen LogP contribution in [0.2, 0.25) is 0 Å². The zero-order valence-electron chi connectivity index (χ0n) is 10.9. The second kappa shape index (κ2) is 6.01. The summed E-state index contributed by atoms with van der Waals surface area (Å²) >= 11 is 8.54. The van der Waals surface area contributed by atoms with Crippen LogP contribution in [0, 0.1) is 6.92 Å². The van der Waals surface area contributed by atoms with Crippen LogP contribution in [-0.4, -0.2) is 28.4 Å². The Bertz CT molecular complexity index is 518. The van der Waals surface area contributed by atoms with Gasteiger partial charge in [-0.15, -0.1) is 0 Å². The molecule has 1 atom stereocenters. The summed E-state index contributed by atoms with van der Waals surface area (Å²) in [6, 6.07) is 5.56. The van der Waals surface area contributed by atoms with Crippen LogP contribution in [0.5, 0.6) is 0 Å². The predicted octanol–water partition coefficient (Wildman–Crippen LogP) is 3.04. The number of benzene rings is 1. The summed E-state index contributed by atoms with van der Waals surface area (Å²) in [7, 11) is 0. The number of amides is 1. The molecule has 0 saturated carbocycles. The van der Waals surface area contributed by atoms with Crippen molar-refractivity contribution >= 4 is 39.0 Å². The van der Waals surface area contributed by atoms with Crippen molar-refractivity contribution < 1.29 is 4.79 Å². The molecule has 2 rings (SSSR count). The third kappa shape index (κ3) is 3.15. The smallest absolute Gasteiger partial charge is 0.254 e. The van der Waals surface area contributed by atoms with Gasteiger partial charge in [-0.25, -0.2) is 0 Å². The molecule has 0 aliphatic carbocycles. The summed E-state index contributed by atoms with van der Waals surface area (Å²) in [5.74, 6) is 0.0122. The molecule has 3 nitrogen and oxygen atoms in total. The molecule has 1 aromatic carbocycles. The van der Waals surface area contributed by atoms with Gasteiger partial charge in [0.2, 0.25) is 0 Å². The van der Waals surface area contributed by atoms with E-state index in [1.54, 1.807) is 0 Å². The van der Waals surface area contributed by atoms with Gasteiger partial charge >= 0.3 is 0 Å². The van der Waals surface area contributed by atoms with Crippen molar-refractivity contribution in [2.45, 2.75) is 32.2 Å². The number of nitrogens with two attached hydrogens (primary N) is 1. The minimum Gasteiger partial charge on any atom is -0.392 e. The average Bonchev–Trinajstić information content (AvgIpc) is 2.41. The highest BCUT2D eigenvalue weighted by molar-refractivity contribution is 9.10. The molecule has 1 aromatic rings. The van der Waals surface area contributed by atoms with Crippen LogP contribution in [0.25, 0.3) is 0 Å². The van der Waals surface area contributed by atoms with Crippen molar-refractivity contribution in [2.24, 2.45) is 5.73 Å². The summed E-state index contributed by atoms with van der Waals surface area (Å²) in [4.78, 5) is 14.8. The van der Waals surface area contributed by atoms with Crippen molar-refractivity contribution in [3.63, 3.8) is 0 Å². The number of halogens is 1. The first-order valence-corrected chi connectivity index (χ1v) is 7.57. The molecular formula is C14H17BrN2OS. The standard InChI is InChI=1S/C14H17BrN2OS/c1-9-5-6-10(8-11(9)15)14(18)17-7-3-2-4-12(17)13(16)19/h5-6,8,12H,2-4,7H2,1H3,(H2,16,19). The second-order valence-electron chi connectivity index (χ2n) is 4.88. The Balaban J connectivity index is 2.26. The number of carbonyl (C=O) groups excluding carboxylic acids is 1. The largest absolute Gasteiger partial charge is 0.392 e. The van der Waals surface area contributed by atoms with Crippen LogP contribution < -0.4 is 5.73 Å². The maximum absolute atomic E-state index is 12.6. The molecule has 5 heteroatoms. The maximum Gasteiger partial charge on any atom is 0.254 e. The number of piperidine rings is 1. The Hall–Kier alpha value is -0.940. The highest BCUT2D eigenvalue weighted by Gasteiger charge is 2.29. The van der Waals surface area contributed by atoms with Crippen LogP contribution in [-0.2, 0) is 0 Å². The first-order valence-electron chi connectivity index (χ1n) is 6.37. The van der Waals surface area contributed by atoms with E-state index in [4.69, 9.17) is 18.0 Å². The van der Waals surface area contributed by atoms with Gasteiger partial charge in [-0.05, 0) is 43.9 Å². The Morgan fingerprint density at radius 2 is 2.21 bits per heavy atom. The van der Waals surface area contributed by atoms with Gasteiger partial charge in [-0.3, -0.25) is 4.79 Å². The molecule has 1 aliphatic heterocycles. The zero-order valence-corrected chi connectivity index (χ0v) is 13.3. The van der Waals surface area contributed by atoms with Crippen molar-refractivity contribution in [2.75, 3.05) is 6.54 Å². The quantitative estimate of drug-likeness (QED) is 0.841. The van der Waals surface area contributed by atoms with Gasteiger partial charge in [-0.2, -0.15) is 0 Å². The number of likely N-dealkylation sites (tertiary alicyclic amines) is 1. The lowest BCUT2D eigenvalue weighted by atomic mass is 10.0. The summed E-state index contributed by atoms with van der Waals surface area (Å²) in [6.45, 7) is 2.73. The number of rotatable bonds is 2. The Labute approximate surface area is 127 Å². The molecule has 0 radical (unpaired) electrons. The highest BCUT2D eigenvalue weighted by Crippen LogP contribution is 2.23. The summed E-state index contributed by atoms with van der Waals surface area (Å²) < 4.78 is 0.947. The molecule has 0 aromatic heterocycles. The van der Waals surface area contributed by atoms with Crippen LogP contribution in [0.15, 0.2) is 22.7 Å². The van der Waals surface area contributed by atoms with E-state index in [1.807, 2.05) is 30.0 Å². The molecule has 102 valence electrons. The van der Waals surface area contributed by atoms with Crippen molar-refractivity contribution in [3.8, 4) is 0 Å². The van der Waals surface area contributed by atoms with Crippen LogP contribution in [0.3, 0.4) is 0 Å². The lowest BCUT2D eigenvalue weighted by Gasteiger charge is -2.35. The SMILES string of the molecule is Cc1ccc(C(=O)N2CCCCC2C(N)=S)cc1Br. The van der Waals surface area contributed by atoms with Gasteiger partial charge in [0.15, 0.2) is 0 Å². The monoisotopic (exact) mass is 340 g/mol. The predicted molar refractivity (Wildman–Crippen MR) is 84.3 cm³/mol. The van der Waals surface area contributed by atoms with Gasteiger partial charge < -0.3 is 10.6 Å². The third-order valence-corrected chi connectivity index (χ3v) is 4.64. The van der Waals surface area contributed by atoms with Gasteiger partial charge in [0.05, 0.1) is 11.0 Å². The van der Waals surface area contributed by atoms with E-state index in [0.717, 1.165) is 35.8 Å². The van der Waals surface area contributed by atoms with E-state index in [-0.39, 0.29) is 11.9 Å². The molecule has 2 N–H and O–H groups in total. The first kappa shape index (κ1) is 14.5. The number of hydrogen-bond acceptors (Lipinski definition) is 2. The van der Waals surface area contributed by atoms with Crippen molar-refractivity contribution in [1.82, 2.24) is 4.90 Å². The number of hydrogen-bond donors (Lipinski definition) is 1. The molecule has 0 bridgehead atoms. The molecule has 1 unspecified atom stereocenters. The van der Waals surface area contributed by atoms with Crippen molar-refractivity contribution in [3.05, 3.63) is 33.8 Å². The van der Waals surface area contributed by atoms with E-state index in [2.05, 4.69) is 15.9 Å². The van der Waals surface area contributed by atoms with E-state index in [9.17, 15) is 4.79 Å². The van der Waals surface area contributed by atoms with Gasteiger partial charge in [0.1, 0.15) is 0 Å². The molecule has 1 heterocycles. The Morgan fingerprint density at radius 3 is 2.84 bits per heavy atom. The van der Waals surface area contributed by atoms with Crippen molar-refractivity contribution in [1.29, 1.82) is 0 Å². The third-order valence-electron chi connectivity index (χ3n) is 3.51. The zero-order chi connectivity index (χ0) is 14.0. The molecule has 19 heavy (non-hydrogen) atoms. The lowest BCUT2D eigenvalue weighted by molar-refractivity contribution is 0.0681. The molecule has 1 saturated heterocycles. The molecule has 1 fully saturated rings. The first-order chi connectivity index (χ1) is 9.00. The molecule has 1 aliphatic rings. The van der Waals surface area contributed by atoms with E-state index in [1.165, 1.54) is 0 Å². The average molecular weight is 341 g/mol. The number of nitrogens with zero attached hydrogens (tertiary/aromatic N) is 1. The van der Waals surface area contributed by atoms with Gasteiger partial charge in [-0.1, -0.05) is 34.2 Å². The van der Waals surface area contributed by atoms with Crippen LogP contribution in [0.4, 0.5) is 0 Å². The summed E-state index contributed by atoms with van der Waals surface area (Å²) in [5.41, 5.74) is 7.55. The summed E-state index contributed by atoms with van der Waals surface area (Å²) in [6.07, 6.45) is 2.95. The number of carbonyl (C=O) groups is 1. The maximum atomic E-state index is 12.6. The molecule has 1 amide bonds. The molecular weight excluding hydrogens is 324 g/mol. The van der Waals surface area contributed by atoms with Crippen LogP contribution >= 0.6 is 28.1 Å². The Morgan fingerprint density at radius 1 is 1.47 bits per heavy atom. The minimum atomic E-state index is -0.101. The van der Waals surface area contributed by atoms with E-state index >= 15 is 0 Å². The minimum absolute atomic E-state index is 0.0122. The topological polar surface area (TPSA) is 46.3 Å². The van der Waals surface area contributed by atoms with Gasteiger partial charge in [0.25, 0.3) is 5.91 Å². The number of thiocarbonyl (C=S) groups is 1. The highest BCUT2D eigenvalue weighted by atomic mass is 79.9. The summed E-state index contributed by atoms with van der Waals surface area (Å²) in [5, 5.41) is 0. The second-order valence-corrected chi connectivity index (χ2v) is 6.20. The number of aryl methyl sites for hydroxylation is 1. The lowest BCUT2D eigenvalue weighted by Crippen LogP contribution is -2.49. The van der Waals surface area contributed by atoms with Gasteiger partial charge in [0, 0.05) is 16.6 Å². The fraction of sp³-hybridized carbons (Fsp3) is 0.429. The molecule has 0 spiro atoms. The fourth-order valence-corrected chi connectivity index (χ4v) is 2.99. The van der Waals surface area contributed by atoms with E-state index < -0.39 is 0 Å². The normalized spacial score (nSPS) is 19.3. The van der Waals surface area contributed by atoms with Crippen LogP contribution in [0.1, 0.15) is 35.2 Å². The Kier molecular flexibility index (Phi) is 4.58. The fourth-order valence-electron chi connectivity index (χ4n) is 2.36.